The molecule has 4 rings (SSSR count). The number of likely N-dealkylation sites (tertiary alicyclic amines) is 1. The highest BCUT2D eigenvalue weighted by molar-refractivity contribution is 5.73. The van der Waals surface area contributed by atoms with E-state index in [1.165, 1.54) is 11.1 Å². The number of nitrogens with zero attached hydrogens (tertiary/aromatic N) is 2. The second-order valence-corrected chi connectivity index (χ2v) is 8.12. The van der Waals surface area contributed by atoms with Crippen molar-refractivity contribution in [1.82, 2.24) is 15.2 Å². The summed E-state index contributed by atoms with van der Waals surface area (Å²) in [6.45, 7) is 6.76. The number of pyridine rings is 1. The van der Waals surface area contributed by atoms with Gasteiger partial charge in [-0.05, 0) is 68.1 Å². The fraction of sp³-hybridized carbons (Fsp3) is 0.478. The number of ether oxygens (including phenoxy) is 1. The molecule has 1 N–H and O–H groups in total. The lowest BCUT2D eigenvalue weighted by molar-refractivity contribution is -0.120. The van der Waals surface area contributed by atoms with E-state index in [1.54, 1.807) is 13.1 Å². The number of aromatic nitrogens is 1. The molecule has 5 heteroatoms. The molecule has 1 saturated heterocycles. The van der Waals surface area contributed by atoms with E-state index >= 15 is 0 Å². The molecular weight excluding hydrogens is 350 g/mol. The zero-order chi connectivity index (χ0) is 19.5. The van der Waals surface area contributed by atoms with Crippen LogP contribution in [0.3, 0.4) is 0 Å². The quantitative estimate of drug-likeness (QED) is 0.864. The summed E-state index contributed by atoms with van der Waals surface area (Å²) in [7, 11) is 0. The van der Waals surface area contributed by atoms with E-state index < -0.39 is 0 Å². The van der Waals surface area contributed by atoms with Crippen molar-refractivity contribution in [1.29, 1.82) is 0 Å². The maximum absolute atomic E-state index is 11.7. The third-order valence-corrected chi connectivity index (χ3v) is 5.84. The highest BCUT2D eigenvalue weighted by Crippen LogP contribution is 2.32. The van der Waals surface area contributed by atoms with Crippen LogP contribution in [-0.2, 0) is 17.8 Å². The molecular formula is C23H29N3O2. The Kier molecular flexibility index (Phi) is 5.62. The van der Waals surface area contributed by atoms with Crippen LogP contribution < -0.4 is 10.1 Å². The van der Waals surface area contributed by atoms with Gasteiger partial charge in [0.2, 0.25) is 5.91 Å². The van der Waals surface area contributed by atoms with Crippen molar-refractivity contribution >= 4 is 5.91 Å². The summed E-state index contributed by atoms with van der Waals surface area (Å²) in [4.78, 5) is 18.7. The molecule has 0 unspecified atom stereocenters. The number of amides is 1. The molecule has 3 heterocycles. The van der Waals surface area contributed by atoms with Gasteiger partial charge in [0.05, 0.1) is 11.7 Å². The largest absolute Gasteiger partial charge is 0.490 e. The highest BCUT2D eigenvalue weighted by Gasteiger charge is 2.29. The van der Waals surface area contributed by atoms with Crippen LogP contribution in [0.4, 0.5) is 0 Å². The van der Waals surface area contributed by atoms with Crippen LogP contribution in [0.5, 0.6) is 5.75 Å². The Morgan fingerprint density at radius 3 is 2.82 bits per heavy atom. The lowest BCUT2D eigenvalue weighted by atomic mass is 9.87. The van der Waals surface area contributed by atoms with Gasteiger partial charge in [-0.1, -0.05) is 18.2 Å². The number of carbonyl (C=O) groups is 1. The minimum atomic E-state index is -0.000481. The highest BCUT2D eigenvalue weighted by atomic mass is 16.5. The molecule has 0 bridgehead atoms. The van der Waals surface area contributed by atoms with Gasteiger partial charge in [-0.25, -0.2) is 0 Å². The normalized spacial score (nSPS) is 21.0. The van der Waals surface area contributed by atoms with Crippen molar-refractivity contribution in [2.45, 2.75) is 51.8 Å². The maximum Gasteiger partial charge on any atom is 0.217 e. The number of rotatable bonds is 5. The van der Waals surface area contributed by atoms with Gasteiger partial charge in [0, 0.05) is 26.1 Å². The number of hydrogen-bond acceptors (Lipinski definition) is 4. The van der Waals surface area contributed by atoms with Crippen LogP contribution in [0.2, 0.25) is 0 Å². The maximum atomic E-state index is 11.7. The molecule has 0 spiro atoms. The fourth-order valence-corrected chi connectivity index (χ4v) is 4.49. The van der Waals surface area contributed by atoms with Crippen molar-refractivity contribution < 1.29 is 9.53 Å². The van der Waals surface area contributed by atoms with Crippen molar-refractivity contribution in [3.8, 4) is 5.75 Å². The Balaban J connectivity index is 1.37. The van der Waals surface area contributed by atoms with E-state index in [0.29, 0.717) is 12.0 Å². The van der Waals surface area contributed by atoms with Gasteiger partial charge in [0.1, 0.15) is 11.9 Å². The second kappa shape index (κ2) is 8.31. The topological polar surface area (TPSA) is 54.5 Å². The monoisotopic (exact) mass is 379 g/mol. The second-order valence-electron chi connectivity index (χ2n) is 8.12. The zero-order valence-corrected chi connectivity index (χ0v) is 16.7. The molecule has 5 nitrogen and oxygen atoms in total. The zero-order valence-electron chi connectivity index (χ0n) is 16.7. The third-order valence-electron chi connectivity index (χ3n) is 5.84. The summed E-state index contributed by atoms with van der Waals surface area (Å²) in [6, 6.07) is 12.5. The molecule has 148 valence electrons. The van der Waals surface area contributed by atoms with E-state index in [4.69, 9.17) is 4.74 Å². The number of benzene rings is 1. The molecule has 2 atom stereocenters. The molecule has 0 radical (unpaired) electrons. The first kappa shape index (κ1) is 18.9. The first-order valence-electron chi connectivity index (χ1n) is 10.3. The standard InChI is InChI=1S/C23H29N3O2/c1-16-13-20-14-18(6-7-22(20)28-16)15-26-11-8-19(9-12-26)23(25-17(2)27)21-5-3-4-10-24-21/h3-7,10,14,16,19,23H,8-9,11-13,15H2,1-2H3,(H,25,27)/t16-,23-/m0/s1. The lowest BCUT2D eigenvalue weighted by Gasteiger charge is -2.36. The summed E-state index contributed by atoms with van der Waals surface area (Å²) in [6.07, 6.45) is 5.23. The van der Waals surface area contributed by atoms with Crippen LogP contribution >= 0.6 is 0 Å². The van der Waals surface area contributed by atoms with Crippen molar-refractivity contribution in [2.24, 2.45) is 5.92 Å². The van der Waals surface area contributed by atoms with Crippen LogP contribution in [0.15, 0.2) is 42.6 Å². The molecule has 2 aliphatic heterocycles. The average Bonchev–Trinajstić information content (AvgIpc) is 3.07. The summed E-state index contributed by atoms with van der Waals surface area (Å²) in [5.41, 5.74) is 3.66. The molecule has 28 heavy (non-hydrogen) atoms. The predicted octanol–water partition coefficient (Wildman–Crippen LogP) is 3.49. The number of carbonyl (C=O) groups excluding carboxylic acids is 1. The minimum Gasteiger partial charge on any atom is -0.490 e. The minimum absolute atomic E-state index is 0.000481. The molecule has 1 aromatic heterocycles. The molecule has 1 amide bonds. The van der Waals surface area contributed by atoms with Crippen LogP contribution in [0.25, 0.3) is 0 Å². The van der Waals surface area contributed by atoms with Crippen LogP contribution in [0.1, 0.15) is 49.6 Å². The Morgan fingerprint density at radius 2 is 2.11 bits per heavy atom. The molecule has 0 aliphatic carbocycles. The van der Waals surface area contributed by atoms with Crippen molar-refractivity contribution in [3.05, 3.63) is 59.4 Å². The molecule has 1 fully saturated rings. The third kappa shape index (κ3) is 4.36. The predicted molar refractivity (Wildman–Crippen MR) is 109 cm³/mol. The summed E-state index contributed by atoms with van der Waals surface area (Å²) >= 11 is 0. The average molecular weight is 380 g/mol. The number of nitrogens with one attached hydrogen (secondary N) is 1. The van der Waals surface area contributed by atoms with Gasteiger partial charge in [-0.15, -0.1) is 0 Å². The van der Waals surface area contributed by atoms with Crippen molar-refractivity contribution in [2.75, 3.05) is 13.1 Å². The number of hydrogen-bond donors (Lipinski definition) is 1. The molecule has 1 aromatic carbocycles. The Morgan fingerprint density at radius 1 is 1.29 bits per heavy atom. The van der Waals surface area contributed by atoms with Gasteiger partial charge >= 0.3 is 0 Å². The van der Waals surface area contributed by atoms with E-state index in [0.717, 1.165) is 50.3 Å². The SMILES string of the molecule is CC(=O)N[C@H](c1ccccn1)C1CCN(Cc2ccc3c(c2)C[C@H](C)O3)CC1. The van der Waals surface area contributed by atoms with E-state index in [1.807, 2.05) is 18.2 Å². The van der Waals surface area contributed by atoms with Gasteiger partial charge in [-0.3, -0.25) is 14.7 Å². The smallest absolute Gasteiger partial charge is 0.217 e. The van der Waals surface area contributed by atoms with Gasteiger partial charge in [0.15, 0.2) is 0 Å². The molecule has 0 saturated carbocycles. The summed E-state index contributed by atoms with van der Waals surface area (Å²) in [5, 5.41) is 3.13. The summed E-state index contributed by atoms with van der Waals surface area (Å²) < 4.78 is 5.81. The number of piperidine rings is 1. The fourth-order valence-electron chi connectivity index (χ4n) is 4.49. The first-order valence-corrected chi connectivity index (χ1v) is 10.3. The Bertz CT molecular complexity index is 816. The van der Waals surface area contributed by atoms with Gasteiger partial charge < -0.3 is 10.1 Å². The lowest BCUT2D eigenvalue weighted by Crippen LogP contribution is -2.40. The van der Waals surface area contributed by atoms with E-state index in [9.17, 15) is 4.79 Å². The first-order chi connectivity index (χ1) is 13.6. The van der Waals surface area contributed by atoms with E-state index in [2.05, 4.69) is 40.3 Å². The number of fused-ring (bicyclic) bond motifs is 1. The van der Waals surface area contributed by atoms with Crippen LogP contribution in [-0.4, -0.2) is 35.0 Å². The molecule has 2 aliphatic rings. The summed E-state index contributed by atoms with van der Waals surface area (Å²) in [5.74, 6) is 1.47. The van der Waals surface area contributed by atoms with Gasteiger partial charge in [-0.2, -0.15) is 0 Å². The van der Waals surface area contributed by atoms with Crippen molar-refractivity contribution in [3.63, 3.8) is 0 Å². The van der Waals surface area contributed by atoms with E-state index in [-0.39, 0.29) is 11.9 Å². The van der Waals surface area contributed by atoms with Gasteiger partial charge in [0.25, 0.3) is 0 Å². The van der Waals surface area contributed by atoms with Crippen LogP contribution in [0, 0.1) is 5.92 Å². The Hall–Kier alpha value is -2.40. The molecule has 2 aromatic rings. The Labute approximate surface area is 167 Å².